The topological polar surface area (TPSA) is 23.1 Å². The monoisotopic (exact) mass is 340 g/mol. The first-order valence-corrected chi connectivity index (χ1v) is 9.13. The van der Waals surface area contributed by atoms with Crippen molar-refractivity contribution in [2.75, 3.05) is 5.75 Å². The molecule has 21 heavy (non-hydrogen) atoms. The molecule has 0 fully saturated rings. The standard InChI is InChI=1S/C17H18Cl2OS/c1-2-3-12-21(20)17(13-4-8-15(18)9-5-13)14-6-10-16(19)11-7-14/h4-11,17H,2-3,12H2,1H3. The highest BCUT2D eigenvalue weighted by molar-refractivity contribution is 7.91. The van der Waals surface area contributed by atoms with Gasteiger partial charge in [-0.05, 0) is 41.9 Å². The highest BCUT2D eigenvalue weighted by Gasteiger charge is 2.26. The molecule has 1 atom stereocenters. The van der Waals surface area contributed by atoms with Crippen LogP contribution in [0, 0.1) is 0 Å². The molecule has 0 aromatic heterocycles. The van der Waals surface area contributed by atoms with Crippen LogP contribution in [0.5, 0.6) is 0 Å². The quantitative estimate of drug-likeness (QED) is 0.624. The number of rotatable bonds is 6. The third-order valence-corrected chi connectivity index (χ3v) is 5.57. The molecule has 112 valence electrons. The minimum Gasteiger partial charge on any atom is -0.616 e. The summed E-state index contributed by atoms with van der Waals surface area (Å²) in [5.74, 6) is 0.701. The summed E-state index contributed by atoms with van der Waals surface area (Å²) in [6, 6.07) is 15.2. The van der Waals surface area contributed by atoms with E-state index >= 15 is 0 Å². The van der Waals surface area contributed by atoms with Crippen molar-refractivity contribution >= 4 is 34.4 Å². The van der Waals surface area contributed by atoms with Crippen LogP contribution in [0.1, 0.15) is 36.1 Å². The maximum absolute atomic E-state index is 12.7. The fourth-order valence-electron chi connectivity index (χ4n) is 2.18. The minimum absolute atomic E-state index is 0.133. The van der Waals surface area contributed by atoms with E-state index < -0.39 is 11.2 Å². The molecule has 0 aliphatic heterocycles. The Morgan fingerprint density at radius 2 is 1.33 bits per heavy atom. The van der Waals surface area contributed by atoms with Crippen LogP contribution in [-0.2, 0) is 11.2 Å². The van der Waals surface area contributed by atoms with E-state index in [1.54, 1.807) is 0 Å². The van der Waals surface area contributed by atoms with Crippen LogP contribution < -0.4 is 0 Å². The predicted octanol–water partition coefficient (Wildman–Crippen LogP) is 5.63. The molecule has 0 saturated carbocycles. The van der Waals surface area contributed by atoms with Gasteiger partial charge in [0, 0.05) is 21.2 Å². The maximum Gasteiger partial charge on any atom is 0.165 e. The van der Waals surface area contributed by atoms with Gasteiger partial charge in [-0.3, -0.25) is 0 Å². The lowest BCUT2D eigenvalue weighted by Crippen LogP contribution is -2.18. The number of unbranched alkanes of at least 4 members (excludes halogenated alkanes) is 1. The average Bonchev–Trinajstić information content (AvgIpc) is 2.49. The van der Waals surface area contributed by atoms with Crippen LogP contribution in [0.4, 0.5) is 0 Å². The largest absolute Gasteiger partial charge is 0.616 e. The molecule has 4 heteroatoms. The molecular weight excluding hydrogens is 323 g/mol. The molecule has 0 spiro atoms. The van der Waals surface area contributed by atoms with Gasteiger partial charge >= 0.3 is 0 Å². The van der Waals surface area contributed by atoms with Gasteiger partial charge in [-0.15, -0.1) is 0 Å². The van der Waals surface area contributed by atoms with Crippen LogP contribution in [0.2, 0.25) is 10.0 Å². The lowest BCUT2D eigenvalue weighted by Gasteiger charge is -2.22. The summed E-state index contributed by atoms with van der Waals surface area (Å²) in [6.45, 7) is 2.11. The fourth-order valence-corrected chi connectivity index (χ4v) is 4.16. The van der Waals surface area contributed by atoms with Crippen molar-refractivity contribution in [3.05, 3.63) is 69.7 Å². The summed E-state index contributed by atoms with van der Waals surface area (Å²) in [7, 11) is 0. The van der Waals surface area contributed by atoms with Crippen LogP contribution in [-0.4, -0.2) is 10.3 Å². The minimum atomic E-state index is -0.959. The summed E-state index contributed by atoms with van der Waals surface area (Å²) < 4.78 is 12.7. The summed E-state index contributed by atoms with van der Waals surface area (Å²) >= 11 is 10.9. The van der Waals surface area contributed by atoms with E-state index in [9.17, 15) is 4.55 Å². The molecule has 0 bridgehead atoms. The van der Waals surface area contributed by atoms with E-state index in [-0.39, 0.29) is 5.25 Å². The Kier molecular flexibility index (Phi) is 6.43. The molecule has 1 nitrogen and oxygen atoms in total. The van der Waals surface area contributed by atoms with Crippen molar-refractivity contribution in [3.63, 3.8) is 0 Å². The van der Waals surface area contributed by atoms with E-state index in [1.807, 2.05) is 48.5 Å². The predicted molar refractivity (Wildman–Crippen MR) is 92.7 cm³/mol. The van der Waals surface area contributed by atoms with Crippen LogP contribution >= 0.6 is 23.2 Å². The molecule has 2 aromatic rings. The van der Waals surface area contributed by atoms with Gasteiger partial charge in [0.2, 0.25) is 0 Å². The molecule has 0 amide bonds. The highest BCUT2D eigenvalue weighted by atomic mass is 35.5. The Morgan fingerprint density at radius 3 is 1.71 bits per heavy atom. The molecule has 0 saturated heterocycles. The van der Waals surface area contributed by atoms with Crippen molar-refractivity contribution < 1.29 is 4.55 Å². The van der Waals surface area contributed by atoms with Crippen molar-refractivity contribution in [1.29, 1.82) is 0 Å². The van der Waals surface area contributed by atoms with E-state index in [0.717, 1.165) is 24.0 Å². The lowest BCUT2D eigenvalue weighted by molar-refractivity contribution is 0.584. The van der Waals surface area contributed by atoms with Gasteiger partial charge in [0.15, 0.2) is 5.25 Å². The normalized spacial score (nSPS) is 12.6. The van der Waals surface area contributed by atoms with E-state index in [4.69, 9.17) is 23.2 Å². The Labute approximate surface area is 139 Å². The third kappa shape index (κ3) is 4.65. The molecule has 2 aromatic carbocycles. The van der Waals surface area contributed by atoms with Gasteiger partial charge < -0.3 is 4.55 Å². The first-order valence-electron chi connectivity index (χ1n) is 7.00. The van der Waals surface area contributed by atoms with Gasteiger partial charge in [-0.1, -0.05) is 60.8 Å². The van der Waals surface area contributed by atoms with E-state index in [0.29, 0.717) is 15.8 Å². The molecule has 0 aliphatic rings. The summed E-state index contributed by atoms with van der Waals surface area (Å²) in [4.78, 5) is 0. The Balaban J connectivity index is 2.33. The second kappa shape index (κ2) is 8.09. The molecule has 0 heterocycles. The van der Waals surface area contributed by atoms with E-state index in [2.05, 4.69) is 6.92 Å². The van der Waals surface area contributed by atoms with Crippen molar-refractivity contribution in [3.8, 4) is 0 Å². The first kappa shape index (κ1) is 16.7. The Morgan fingerprint density at radius 1 is 0.905 bits per heavy atom. The van der Waals surface area contributed by atoms with E-state index in [1.165, 1.54) is 0 Å². The number of benzene rings is 2. The third-order valence-electron chi connectivity index (χ3n) is 3.31. The molecule has 2 rings (SSSR count). The molecular formula is C17H18Cl2OS. The van der Waals surface area contributed by atoms with Crippen LogP contribution in [0.25, 0.3) is 0 Å². The second-order valence-corrected chi connectivity index (χ2v) is 7.44. The van der Waals surface area contributed by atoms with Gasteiger partial charge in [0.25, 0.3) is 0 Å². The van der Waals surface area contributed by atoms with Crippen molar-refractivity contribution in [2.45, 2.75) is 25.0 Å². The summed E-state index contributed by atoms with van der Waals surface area (Å²) in [6.07, 6.45) is 2.00. The number of hydrogen-bond donors (Lipinski definition) is 0. The van der Waals surface area contributed by atoms with Crippen molar-refractivity contribution in [2.24, 2.45) is 0 Å². The molecule has 1 unspecified atom stereocenters. The van der Waals surface area contributed by atoms with Crippen LogP contribution in [0.15, 0.2) is 48.5 Å². The zero-order valence-electron chi connectivity index (χ0n) is 11.9. The van der Waals surface area contributed by atoms with Crippen LogP contribution in [0.3, 0.4) is 0 Å². The average molecular weight is 341 g/mol. The van der Waals surface area contributed by atoms with Gasteiger partial charge in [-0.25, -0.2) is 0 Å². The molecule has 0 aliphatic carbocycles. The summed E-state index contributed by atoms with van der Waals surface area (Å²) in [5.41, 5.74) is 2.05. The Bertz CT molecular complexity index is 509. The van der Waals surface area contributed by atoms with Gasteiger partial charge in [0.1, 0.15) is 5.75 Å². The number of halogens is 2. The summed E-state index contributed by atoms with van der Waals surface area (Å²) in [5, 5.41) is 1.24. The fraction of sp³-hybridized carbons (Fsp3) is 0.294. The zero-order chi connectivity index (χ0) is 15.2. The zero-order valence-corrected chi connectivity index (χ0v) is 14.2. The highest BCUT2D eigenvalue weighted by Crippen LogP contribution is 2.32. The Hall–Kier alpha value is -0.670. The SMILES string of the molecule is CCCC[S+]([O-])C(c1ccc(Cl)cc1)c1ccc(Cl)cc1. The lowest BCUT2D eigenvalue weighted by atomic mass is 10.0. The molecule has 0 N–H and O–H groups in total. The second-order valence-electron chi connectivity index (χ2n) is 4.92. The van der Waals surface area contributed by atoms with Crippen molar-refractivity contribution in [1.82, 2.24) is 0 Å². The number of hydrogen-bond acceptors (Lipinski definition) is 1. The molecule has 0 radical (unpaired) electrons. The van der Waals surface area contributed by atoms with Gasteiger partial charge in [-0.2, -0.15) is 0 Å². The van der Waals surface area contributed by atoms with Gasteiger partial charge in [0.05, 0.1) is 0 Å². The maximum atomic E-state index is 12.7. The first-order chi connectivity index (χ1) is 10.1. The smallest absolute Gasteiger partial charge is 0.165 e.